The van der Waals surface area contributed by atoms with E-state index in [9.17, 15) is 4.79 Å². The van der Waals surface area contributed by atoms with E-state index >= 15 is 0 Å². The molecule has 2 rings (SSSR count). The normalized spacial score (nSPS) is 10.6. The third-order valence-corrected chi connectivity index (χ3v) is 4.14. The zero-order valence-electron chi connectivity index (χ0n) is 10.5. The standard InChI is InChI=1S/C10H13N5O2S2/c1-3-17-8(16)7-12-6(4-18-7)5-19-10-14-13-9(11)15(10)2/h4H,3,5H2,1-2H3,(H2,11,13). The number of ether oxygens (including phenoxy) is 1. The minimum Gasteiger partial charge on any atom is -0.461 e. The molecule has 2 aromatic rings. The van der Waals surface area contributed by atoms with E-state index in [4.69, 9.17) is 10.5 Å². The molecule has 2 heterocycles. The van der Waals surface area contributed by atoms with Gasteiger partial charge in [0.05, 0.1) is 12.3 Å². The second-order valence-electron chi connectivity index (χ2n) is 3.55. The fraction of sp³-hybridized carbons (Fsp3) is 0.400. The van der Waals surface area contributed by atoms with E-state index < -0.39 is 0 Å². The van der Waals surface area contributed by atoms with Crippen LogP contribution in [0.3, 0.4) is 0 Å². The molecule has 0 radical (unpaired) electrons. The average molecular weight is 299 g/mol. The number of rotatable bonds is 5. The van der Waals surface area contributed by atoms with Crippen molar-refractivity contribution in [3.05, 3.63) is 16.1 Å². The summed E-state index contributed by atoms with van der Waals surface area (Å²) in [5.74, 6) is 0.585. The highest BCUT2D eigenvalue weighted by molar-refractivity contribution is 7.98. The van der Waals surface area contributed by atoms with Crippen LogP contribution in [0.4, 0.5) is 5.95 Å². The summed E-state index contributed by atoms with van der Waals surface area (Å²) in [6.45, 7) is 2.11. The molecule has 0 bridgehead atoms. The number of aromatic nitrogens is 4. The molecule has 0 spiro atoms. The number of hydrogen-bond donors (Lipinski definition) is 1. The first kappa shape index (κ1) is 13.8. The lowest BCUT2D eigenvalue weighted by atomic mass is 10.6. The molecular weight excluding hydrogens is 286 g/mol. The van der Waals surface area contributed by atoms with Gasteiger partial charge in [0.25, 0.3) is 0 Å². The number of nitrogen functional groups attached to an aromatic ring is 1. The molecule has 0 aromatic carbocycles. The molecule has 0 atom stereocenters. The molecule has 0 saturated carbocycles. The van der Waals surface area contributed by atoms with Crippen LogP contribution in [-0.4, -0.2) is 32.3 Å². The monoisotopic (exact) mass is 299 g/mol. The van der Waals surface area contributed by atoms with Crippen LogP contribution in [0.1, 0.15) is 22.4 Å². The maximum Gasteiger partial charge on any atom is 0.367 e. The van der Waals surface area contributed by atoms with E-state index in [0.29, 0.717) is 28.5 Å². The lowest BCUT2D eigenvalue weighted by molar-refractivity contribution is 0.0525. The molecule has 0 aliphatic carbocycles. The Hall–Kier alpha value is -1.61. The van der Waals surface area contributed by atoms with Crippen molar-refractivity contribution in [1.82, 2.24) is 19.7 Å². The van der Waals surface area contributed by atoms with Crippen molar-refractivity contribution < 1.29 is 9.53 Å². The summed E-state index contributed by atoms with van der Waals surface area (Å²) in [7, 11) is 1.79. The molecule has 102 valence electrons. The van der Waals surface area contributed by atoms with Gasteiger partial charge in [-0.1, -0.05) is 11.8 Å². The van der Waals surface area contributed by atoms with Gasteiger partial charge in [-0.25, -0.2) is 9.78 Å². The van der Waals surface area contributed by atoms with E-state index in [1.165, 1.54) is 23.1 Å². The zero-order valence-corrected chi connectivity index (χ0v) is 12.1. The Bertz CT molecular complexity index is 580. The smallest absolute Gasteiger partial charge is 0.367 e. The largest absolute Gasteiger partial charge is 0.461 e. The van der Waals surface area contributed by atoms with Gasteiger partial charge in [0.1, 0.15) is 0 Å². The van der Waals surface area contributed by atoms with Crippen LogP contribution < -0.4 is 5.73 Å². The molecule has 0 amide bonds. The molecule has 7 nitrogen and oxygen atoms in total. The van der Waals surface area contributed by atoms with Gasteiger partial charge in [0, 0.05) is 18.2 Å². The quantitative estimate of drug-likeness (QED) is 0.657. The Morgan fingerprint density at radius 1 is 1.58 bits per heavy atom. The number of carbonyl (C=O) groups is 1. The van der Waals surface area contributed by atoms with Crippen molar-refractivity contribution in [3.63, 3.8) is 0 Å². The van der Waals surface area contributed by atoms with Crippen LogP contribution in [0.2, 0.25) is 0 Å². The van der Waals surface area contributed by atoms with Gasteiger partial charge in [-0.3, -0.25) is 4.57 Å². The Kier molecular flexibility index (Phi) is 4.38. The highest BCUT2D eigenvalue weighted by Gasteiger charge is 2.13. The van der Waals surface area contributed by atoms with Crippen molar-refractivity contribution in [2.45, 2.75) is 17.8 Å². The molecule has 2 N–H and O–H groups in total. The third kappa shape index (κ3) is 3.24. The number of nitrogens with two attached hydrogens (primary N) is 1. The van der Waals surface area contributed by atoms with Crippen molar-refractivity contribution in [2.24, 2.45) is 7.05 Å². The summed E-state index contributed by atoms with van der Waals surface area (Å²) in [5.41, 5.74) is 6.39. The average Bonchev–Trinajstić information content (AvgIpc) is 2.97. The summed E-state index contributed by atoms with van der Waals surface area (Å²) in [6, 6.07) is 0. The number of thioether (sulfide) groups is 1. The molecule has 0 saturated heterocycles. The number of thiazole rings is 1. The number of nitrogens with zero attached hydrogens (tertiary/aromatic N) is 4. The van der Waals surface area contributed by atoms with Crippen LogP contribution in [0, 0.1) is 0 Å². The van der Waals surface area contributed by atoms with E-state index in [2.05, 4.69) is 15.2 Å². The van der Waals surface area contributed by atoms with Crippen LogP contribution in [0.25, 0.3) is 0 Å². The Labute approximate surface area is 118 Å². The minimum atomic E-state index is -0.383. The molecule has 0 aliphatic rings. The summed E-state index contributed by atoms with van der Waals surface area (Å²) in [6.07, 6.45) is 0. The molecule has 9 heteroatoms. The Balaban J connectivity index is 1.97. The topological polar surface area (TPSA) is 95.9 Å². The predicted octanol–water partition coefficient (Wildman–Crippen LogP) is 1.32. The molecule has 19 heavy (non-hydrogen) atoms. The zero-order chi connectivity index (χ0) is 13.8. The molecule has 0 unspecified atom stereocenters. The predicted molar refractivity (Wildman–Crippen MR) is 73.0 cm³/mol. The van der Waals surface area contributed by atoms with Crippen LogP contribution >= 0.6 is 23.1 Å². The number of anilines is 1. The van der Waals surface area contributed by atoms with Gasteiger partial charge < -0.3 is 10.5 Å². The van der Waals surface area contributed by atoms with Gasteiger partial charge in [0.2, 0.25) is 11.0 Å². The van der Waals surface area contributed by atoms with Crippen LogP contribution in [0.15, 0.2) is 10.5 Å². The lowest BCUT2D eigenvalue weighted by Crippen LogP contribution is -2.04. The van der Waals surface area contributed by atoms with E-state index in [0.717, 1.165) is 5.69 Å². The summed E-state index contributed by atoms with van der Waals surface area (Å²) in [4.78, 5) is 15.7. The van der Waals surface area contributed by atoms with Crippen molar-refractivity contribution in [3.8, 4) is 0 Å². The SMILES string of the molecule is CCOC(=O)c1nc(CSc2nnc(N)n2C)cs1. The fourth-order valence-corrected chi connectivity index (χ4v) is 2.88. The highest BCUT2D eigenvalue weighted by atomic mass is 32.2. The summed E-state index contributed by atoms with van der Waals surface area (Å²) < 4.78 is 6.58. The van der Waals surface area contributed by atoms with E-state index in [1.54, 1.807) is 18.5 Å². The molecule has 0 fully saturated rings. The van der Waals surface area contributed by atoms with Crippen molar-refractivity contribution >= 4 is 35.0 Å². The number of carbonyl (C=O) groups excluding carboxylic acids is 1. The molecule has 0 aliphatic heterocycles. The van der Waals surface area contributed by atoms with Crippen molar-refractivity contribution in [1.29, 1.82) is 0 Å². The molecule has 2 aromatic heterocycles. The first-order valence-electron chi connectivity index (χ1n) is 5.51. The van der Waals surface area contributed by atoms with Gasteiger partial charge >= 0.3 is 5.97 Å². The second kappa shape index (κ2) is 6.02. The lowest BCUT2D eigenvalue weighted by Gasteiger charge is -1.99. The number of hydrogen-bond acceptors (Lipinski definition) is 8. The molecular formula is C10H13N5O2S2. The van der Waals surface area contributed by atoms with Gasteiger partial charge in [-0.2, -0.15) is 0 Å². The maximum atomic E-state index is 11.5. The first-order valence-corrected chi connectivity index (χ1v) is 7.37. The number of esters is 1. The second-order valence-corrected chi connectivity index (χ2v) is 5.35. The van der Waals surface area contributed by atoms with Gasteiger partial charge in [-0.15, -0.1) is 21.5 Å². The minimum absolute atomic E-state index is 0.348. The fourth-order valence-electron chi connectivity index (χ4n) is 1.25. The van der Waals surface area contributed by atoms with Gasteiger partial charge in [0.15, 0.2) is 5.16 Å². The third-order valence-electron chi connectivity index (χ3n) is 2.22. The van der Waals surface area contributed by atoms with Crippen LogP contribution in [-0.2, 0) is 17.5 Å². The maximum absolute atomic E-state index is 11.5. The van der Waals surface area contributed by atoms with E-state index in [1.807, 2.05) is 5.38 Å². The Morgan fingerprint density at radius 3 is 3.00 bits per heavy atom. The van der Waals surface area contributed by atoms with E-state index in [-0.39, 0.29) is 5.97 Å². The first-order chi connectivity index (χ1) is 9.11. The van der Waals surface area contributed by atoms with Crippen LogP contribution in [0.5, 0.6) is 0 Å². The summed E-state index contributed by atoms with van der Waals surface area (Å²) in [5, 5.41) is 10.6. The highest BCUT2D eigenvalue weighted by Crippen LogP contribution is 2.22. The van der Waals surface area contributed by atoms with Crippen molar-refractivity contribution in [2.75, 3.05) is 12.3 Å². The summed E-state index contributed by atoms with van der Waals surface area (Å²) >= 11 is 2.74. The van der Waals surface area contributed by atoms with Gasteiger partial charge in [-0.05, 0) is 6.92 Å². The Morgan fingerprint density at radius 2 is 2.37 bits per heavy atom.